The first-order valence-electron chi connectivity index (χ1n) is 7.01. The van der Waals surface area contributed by atoms with Gasteiger partial charge in [0.05, 0.1) is 5.75 Å². The molecule has 21 heavy (non-hydrogen) atoms. The summed E-state index contributed by atoms with van der Waals surface area (Å²) in [4.78, 5) is 13.6. The number of hydrogen-bond acceptors (Lipinski definition) is 4. The lowest BCUT2D eigenvalue weighted by atomic mass is 9.96. The molecule has 0 saturated carbocycles. The van der Waals surface area contributed by atoms with Crippen LogP contribution in [0.15, 0.2) is 24.3 Å². The third-order valence-corrected chi connectivity index (χ3v) is 5.02. The number of carbonyl (C=O) groups is 1. The van der Waals surface area contributed by atoms with Gasteiger partial charge >= 0.3 is 0 Å². The van der Waals surface area contributed by atoms with Crippen LogP contribution >= 0.6 is 0 Å². The van der Waals surface area contributed by atoms with E-state index in [1.165, 1.54) is 0 Å². The average molecular weight is 311 g/mol. The fourth-order valence-electron chi connectivity index (χ4n) is 2.49. The number of sulfonamides is 1. The molecule has 0 spiro atoms. The van der Waals surface area contributed by atoms with Crippen molar-refractivity contribution in [1.82, 2.24) is 10.0 Å². The van der Waals surface area contributed by atoms with Crippen LogP contribution in [0.5, 0.6) is 0 Å². The molecule has 116 valence electrons. The van der Waals surface area contributed by atoms with Gasteiger partial charge in [0, 0.05) is 38.3 Å². The highest BCUT2D eigenvalue weighted by molar-refractivity contribution is 7.89. The van der Waals surface area contributed by atoms with E-state index in [1.807, 2.05) is 24.3 Å². The third-order valence-electron chi connectivity index (χ3n) is 3.55. The Labute approximate surface area is 125 Å². The molecule has 0 aromatic heterocycles. The third kappa shape index (κ3) is 3.81. The van der Waals surface area contributed by atoms with Crippen molar-refractivity contribution in [3.63, 3.8) is 0 Å². The number of carbonyl (C=O) groups excluding carboxylic acids is 1. The molecule has 0 radical (unpaired) electrons. The molecule has 1 aromatic rings. The van der Waals surface area contributed by atoms with Crippen molar-refractivity contribution in [2.24, 2.45) is 0 Å². The monoisotopic (exact) mass is 311 g/mol. The van der Waals surface area contributed by atoms with Gasteiger partial charge in [-0.25, -0.2) is 13.1 Å². The molecule has 1 aliphatic heterocycles. The SMILES string of the molecule is CCNS(=O)(=O)CCNC1CC(=O)N(C)c2ccccc21. The number of nitrogens with one attached hydrogen (secondary N) is 2. The lowest BCUT2D eigenvalue weighted by Crippen LogP contribution is -2.40. The number of nitrogens with zero attached hydrogens (tertiary/aromatic N) is 1. The van der Waals surface area contributed by atoms with E-state index >= 15 is 0 Å². The van der Waals surface area contributed by atoms with Gasteiger partial charge in [0.2, 0.25) is 15.9 Å². The lowest BCUT2D eigenvalue weighted by Gasteiger charge is -2.32. The molecule has 1 aliphatic rings. The fraction of sp³-hybridized carbons (Fsp3) is 0.500. The zero-order chi connectivity index (χ0) is 15.5. The van der Waals surface area contributed by atoms with Gasteiger partial charge in [-0.05, 0) is 11.6 Å². The molecule has 1 aromatic carbocycles. The van der Waals surface area contributed by atoms with Gasteiger partial charge < -0.3 is 10.2 Å². The van der Waals surface area contributed by atoms with Crippen LogP contribution in [0.2, 0.25) is 0 Å². The van der Waals surface area contributed by atoms with Crippen molar-refractivity contribution in [3.05, 3.63) is 29.8 Å². The molecular formula is C14H21N3O3S. The number of anilines is 1. The van der Waals surface area contributed by atoms with Crippen LogP contribution in [0.3, 0.4) is 0 Å². The normalized spacial score (nSPS) is 18.7. The summed E-state index contributed by atoms with van der Waals surface area (Å²) in [5, 5.41) is 3.18. The predicted molar refractivity (Wildman–Crippen MR) is 82.7 cm³/mol. The van der Waals surface area contributed by atoms with E-state index < -0.39 is 10.0 Å². The number of fused-ring (bicyclic) bond motifs is 1. The largest absolute Gasteiger partial charge is 0.315 e. The molecule has 2 rings (SSSR count). The molecule has 1 atom stereocenters. The topological polar surface area (TPSA) is 78.5 Å². The minimum absolute atomic E-state index is 0.00351. The summed E-state index contributed by atoms with van der Waals surface area (Å²) in [6.45, 7) is 2.44. The Balaban J connectivity index is 2.05. The molecule has 1 unspecified atom stereocenters. The van der Waals surface area contributed by atoms with E-state index in [9.17, 15) is 13.2 Å². The van der Waals surface area contributed by atoms with Gasteiger partial charge in [-0.1, -0.05) is 25.1 Å². The molecule has 1 heterocycles. The Morgan fingerprint density at radius 3 is 2.76 bits per heavy atom. The molecule has 0 aliphatic carbocycles. The van der Waals surface area contributed by atoms with Gasteiger partial charge in [-0.2, -0.15) is 0 Å². The number of rotatable bonds is 6. The minimum Gasteiger partial charge on any atom is -0.315 e. The first-order valence-corrected chi connectivity index (χ1v) is 8.66. The van der Waals surface area contributed by atoms with Gasteiger partial charge in [0.15, 0.2) is 0 Å². The van der Waals surface area contributed by atoms with Crippen LogP contribution in [0.4, 0.5) is 5.69 Å². The number of hydrogen-bond donors (Lipinski definition) is 2. The standard InChI is InChI=1S/C14H21N3O3S/c1-3-16-21(19,20)9-8-15-12-10-14(18)17(2)13-7-5-4-6-11(12)13/h4-7,12,15-16H,3,8-10H2,1-2H3. The summed E-state index contributed by atoms with van der Waals surface area (Å²) in [7, 11) is -1.49. The predicted octanol–water partition coefficient (Wildman–Crippen LogP) is 0.623. The van der Waals surface area contributed by atoms with E-state index in [4.69, 9.17) is 0 Å². The maximum atomic E-state index is 12.0. The summed E-state index contributed by atoms with van der Waals surface area (Å²) in [5.74, 6) is 0.0320. The Hall–Kier alpha value is -1.44. The van der Waals surface area contributed by atoms with Crippen LogP contribution in [0.1, 0.15) is 24.9 Å². The second kappa shape index (κ2) is 6.55. The molecule has 0 bridgehead atoms. The second-order valence-electron chi connectivity index (χ2n) is 5.04. The summed E-state index contributed by atoms with van der Waals surface area (Å²) in [6, 6.07) is 7.54. The van der Waals surface area contributed by atoms with E-state index in [0.717, 1.165) is 11.3 Å². The first kappa shape index (κ1) is 15.9. The average Bonchev–Trinajstić information content (AvgIpc) is 2.44. The van der Waals surface area contributed by atoms with E-state index in [1.54, 1.807) is 18.9 Å². The summed E-state index contributed by atoms with van der Waals surface area (Å²) < 4.78 is 25.7. The van der Waals surface area contributed by atoms with E-state index in [2.05, 4.69) is 10.0 Å². The highest BCUT2D eigenvalue weighted by atomic mass is 32.2. The second-order valence-corrected chi connectivity index (χ2v) is 6.97. The van der Waals surface area contributed by atoms with Gasteiger partial charge in [0.25, 0.3) is 0 Å². The van der Waals surface area contributed by atoms with Crippen molar-refractivity contribution in [3.8, 4) is 0 Å². The lowest BCUT2D eigenvalue weighted by molar-refractivity contribution is -0.119. The van der Waals surface area contributed by atoms with Crippen molar-refractivity contribution in [2.75, 3.05) is 30.8 Å². The minimum atomic E-state index is -3.24. The quantitative estimate of drug-likeness (QED) is 0.807. The first-order chi connectivity index (χ1) is 9.94. The molecule has 7 heteroatoms. The zero-order valence-corrected chi connectivity index (χ0v) is 13.1. The van der Waals surface area contributed by atoms with Gasteiger partial charge in [-0.15, -0.1) is 0 Å². The van der Waals surface area contributed by atoms with Crippen molar-refractivity contribution in [1.29, 1.82) is 0 Å². The molecule has 1 amide bonds. The molecule has 6 nitrogen and oxygen atoms in total. The number of amides is 1. The van der Waals surface area contributed by atoms with Gasteiger partial charge in [0.1, 0.15) is 0 Å². The Kier molecular flexibility index (Phi) is 4.97. The molecule has 2 N–H and O–H groups in total. The van der Waals surface area contributed by atoms with Gasteiger partial charge in [-0.3, -0.25) is 4.79 Å². The highest BCUT2D eigenvalue weighted by Gasteiger charge is 2.28. The van der Waals surface area contributed by atoms with E-state index in [-0.39, 0.29) is 17.7 Å². The zero-order valence-electron chi connectivity index (χ0n) is 12.3. The molecular weight excluding hydrogens is 290 g/mol. The summed E-state index contributed by atoms with van der Waals surface area (Å²) in [6.07, 6.45) is 0.342. The Morgan fingerprint density at radius 2 is 2.05 bits per heavy atom. The Bertz CT molecular complexity index is 616. The van der Waals surface area contributed by atoms with Crippen LogP contribution < -0.4 is 14.9 Å². The van der Waals surface area contributed by atoms with Crippen molar-refractivity contribution < 1.29 is 13.2 Å². The molecule has 0 fully saturated rings. The smallest absolute Gasteiger partial charge is 0.228 e. The number of benzene rings is 1. The fourth-order valence-corrected chi connectivity index (χ4v) is 3.46. The summed E-state index contributed by atoms with van der Waals surface area (Å²) in [5.41, 5.74) is 1.90. The highest BCUT2D eigenvalue weighted by Crippen LogP contribution is 2.33. The van der Waals surface area contributed by atoms with Crippen molar-refractivity contribution in [2.45, 2.75) is 19.4 Å². The van der Waals surface area contributed by atoms with Crippen LogP contribution in [0.25, 0.3) is 0 Å². The van der Waals surface area contributed by atoms with Crippen LogP contribution in [-0.2, 0) is 14.8 Å². The summed E-state index contributed by atoms with van der Waals surface area (Å²) >= 11 is 0. The molecule has 0 saturated heterocycles. The maximum Gasteiger partial charge on any atom is 0.228 e. The number of para-hydroxylation sites is 1. The maximum absolute atomic E-state index is 12.0. The van der Waals surface area contributed by atoms with E-state index in [0.29, 0.717) is 19.5 Å². The van der Waals surface area contributed by atoms with Crippen molar-refractivity contribution >= 4 is 21.6 Å². The van der Waals surface area contributed by atoms with Crippen LogP contribution in [-0.4, -0.2) is 40.2 Å². The van der Waals surface area contributed by atoms with Crippen LogP contribution in [0, 0.1) is 0 Å². The Morgan fingerprint density at radius 1 is 1.33 bits per heavy atom.